The fourth-order valence-corrected chi connectivity index (χ4v) is 2.42. The SMILES string of the molecule is Cc1ccc(Br)c(C(=O)Cc2cc(F)ccc2C)c1. The molecule has 1 nitrogen and oxygen atoms in total. The van der Waals surface area contributed by atoms with Crippen molar-refractivity contribution in [2.24, 2.45) is 0 Å². The molecule has 0 unspecified atom stereocenters. The van der Waals surface area contributed by atoms with Gasteiger partial charge in [0, 0.05) is 16.5 Å². The van der Waals surface area contributed by atoms with Crippen LogP contribution in [-0.4, -0.2) is 5.78 Å². The normalized spacial score (nSPS) is 10.5. The van der Waals surface area contributed by atoms with Gasteiger partial charge in [-0.25, -0.2) is 4.39 Å². The quantitative estimate of drug-likeness (QED) is 0.753. The van der Waals surface area contributed by atoms with Gasteiger partial charge in [-0.3, -0.25) is 4.79 Å². The summed E-state index contributed by atoms with van der Waals surface area (Å²) in [6.45, 7) is 3.82. The smallest absolute Gasteiger partial charge is 0.168 e. The summed E-state index contributed by atoms with van der Waals surface area (Å²) in [7, 11) is 0. The molecule has 0 amide bonds. The Balaban J connectivity index is 2.30. The molecule has 0 aromatic heterocycles. The van der Waals surface area contributed by atoms with Crippen LogP contribution in [0.25, 0.3) is 0 Å². The molecule has 0 N–H and O–H groups in total. The number of ketones is 1. The van der Waals surface area contributed by atoms with E-state index in [0.717, 1.165) is 21.2 Å². The van der Waals surface area contributed by atoms with Crippen molar-refractivity contribution in [1.82, 2.24) is 0 Å². The summed E-state index contributed by atoms with van der Waals surface area (Å²) < 4.78 is 14.0. The molecule has 98 valence electrons. The number of halogens is 2. The van der Waals surface area contributed by atoms with Crippen LogP contribution in [0.2, 0.25) is 0 Å². The Morgan fingerprint density at radius 2 is 1.89 bits per heavy atom. The highest BCUT2D eigenvalue weighted by atomic mass is 79.9. The summed E-state index contributed by atoms with van der Waals surface area (Å²) in [5.74, 6) is -0.319. The lowest BCUT2D eigenvalue weighted by Crippen LogP contribution is -2.06. The van der Waals surface area contributed by atoms with Crippen LogP contribution >= 0.6 is 15.9 Å². The van der Waals surface area contributed by atoms with E-state index in [2.05, 4.69) is 15.9 Å². The number of rotatable bonds is 3. The second-order valence-corrected chi connectivity index (χ2v) is 5.51. The van der Waals surface area contributed by atoms with Crippen molar-refractivity contribution >= 4 is 21.7 Å². The number of benzene rings is 2. The van der Waals surface area contributed by atoms with Crippen LogP contribution in [0.3, 0.4) is 0 Å². The van der Waals surface area contributed by atoms with Crippen molar-refractivity contribution in [3.8, 4) is 0 Å². The number of carbonyl (C=O) groups excluding carboxylic acids is 1. The van der Waals surface area contributed by atoms with Gasteiger partial charge in [0.2, 0.25) is 0 Å². The van der Waals surface area contributed by atoms with Crippen molar-refractivity contribution in [1.29, 1.82) is 0 Å². The minimum atomic E-state index is -0.309. The molecule has 2 rings (SSSR count). The van der Waals surface area contributed by atoms with E-state index in [1.807, 2.05) is 32.0 Å². The van der Waals surface area contributed by atoms with Crippen molar-refractivity contribution in [2.75, 3.05) is 0 Å². The zero-order valence-corrected chi connectivity index (χ0v) is 12.4. The molecule has 0 aliphatic heterocycles. The number of Topliss-reactive ketones (excluding diaryl/α,β-unsaturated/α-hetero) is 1. The largest absolute Gasteiger partial charge is 0.294 e. The fraction of sp³-hybridized carbons (Fsp3) is 0.188. The first-order valence-electron chi connectivity index (χ1n) is 6.02. The zero-order chi connectivity index (χ0) is 14.0. The van der Waals surface area contributed by atoms with E-state index < -0.39 is 0 Å². The van der Waals surface area contributed by atoms with E-state index in [-0.39, 0.29) is 18.0 Å². The predicted molar refractivity (Wildman–Crippen MR) is 78.1 cm³/mol. The first kappa shape index (κ1) is 13.9. The van der Waals surface area contributed by atoms with Gasteiger partial charge in [0.05, 0.1) is 0 Å². The second-order valence-electron chi connectivity index (χ2n) is 4.65. The van der Waals surface area contributed by atoms with Crippen LogP contribution in [0.5, 0.6) is 0 Å². The second kappa shape index (κ2) is 5.66. The molecule has 2 aromatic rings. The van der Waals surface area contributed by atoms with Gasteiger partial charge in [-0.1, -0.05) is 33.6 Å². The summed E-state index contributed by atoms with van der Waals surface area (Å²) >= 11 is 3.38. The average Bonchev–Trinajstić information content (AvgIpc) is 2.36. The van der Waals surface area contributed by atoms with E-state index in [1.54, 1.807) is 6.07 Å². The number of carbonyl (C=O) groups is 1. The van der Waals surface area contributed by atoms with Gasteiger partial charge in [-0.2, -0.15) is 0 Å². The lowest BCUT2D eigenvalue weighted by Gasteiger charge is -2.08. The molecule has 0 bridgehead atoms. The van der Waals surface area contributed by atoms with Gasteiger partial charge in [0.25, 0.3) is 0 Å². The molecule has 0 saturated carbocycles. The Morgan fingerprint density at radius 3 is 2.63 bits per heavy atom. The number of hydrogen-bond donors (Lipinski definition) is 0. The van der Waals surface area contributed by atoms with Crippen LogP contribution in [-0.2, 0) is 6.42 Å². The van der Waals surface area contributed by atoms with Crippen molar-refractivity contribution in [2.45, 2.75) is 20.3 Å². The van der Waals surface area contributed by atoms with E-state index >= 15 is 0 Å². The fourth-order valence-electron chi connectivity index (χ4n) is 1.95. The summed E-state index contributed by atoms with van der Waals surface area (Å²) in [5.41, 5.74) is 3.34. The summed E-state index contributed by atoms with van der Waals surface area (Å²) in [6, 6.07) is 10.2. The molecular weight excluding hydrogens is 307 g/mol. The van der Waals surface area contributed by atoms with Crippen LogP contribution in [0.4, 0.5) is 4.39 Å². The van der Waals surface area contributed by atoms with Crippen LogP contribution in [0.1, 0.15) is 27.0 Å². The van der Waals surface area contributed by atoms with Crippen molar-refractivity contribution < 1.29 is 9.18 Å². The highest BCUT2D eigenvalue weighted by Crippen LogP contribution is 2.21. The molecule has 0 spiro atoms. The Morgan fingerprint density at radius 1 is 1.16 bits per heavy atom. The maximum absolute atomic E-state index is 13.2. The first-order chi connectivity index (χ1) is 8.97. The molecule has 0 saturated heterocycles. The average molecular weight is 321 g/mol. The van der Waals surface area contributed by atoms with Gasteiger partial charge < -0.3 is 0 Å². The van der Waals surface area contributed by atoms with E-state index in [9.17, 15) is 9.18 Å². The minimum absolute atomic E-state index is 0.00993. The van der Waals surface area contributed by atoms with E-state index in [0.29, 0.717) is 5.56 Å². The van der Waals surface area contributed by atoms with Gasteiger partial charge in [0.15, 0.2) is 5.78 Å². The zero-order valence-electron chi connectivity index (χ0n) is 10.8. The summed E-state index contributed by atoms with van der Waals surface area (Å²) in [5, 5.41) is 0. The standard InChI is InChI=1S/C16H14BrFO/c1-10-3-6-15(17)14(7-10)16(19)9-12-8-13(18)5-4-11(12)2/h3-8H,9H2,1-2H3. The Bertz CT molecular complexity index is 635. The Hall–Kier alpha value is -1.48. The monoisotopic (exact) mass is 320 g/mol. The van der Waals surface area contributed by atoms with E-state index in [4.69, 9.17) is 0 Å². The van der Waals surface area contributed by atoms with Gasteiger partial charge in [0.1, 0.15) is 5.82 Å². The lowest BCUT2D eigenvalue weighted by atomic mass is 9.98. The molecule has 0 heterocycles. The van der Waals surface area contributed by atoms with Crippen LogP contribution < -0.4 is 0 Å². The molecule has 19 heavy (non-hydrogen) atoms. The minimum Gasteiger partial charge on any atom is -0.294 e. The van der Waals surface area contributed by atoms with Gasteiger partial charge >= 0.3 is 0 Å². The van der Waals surface area contributed by atoms with Crippen LogP contribution in [0, 0.1) is 19.7 Å². The van der Waals surface area contributed by atoms with Crippen LogP contribution in [0.15, 0.2) is 40.9 Å². The molecule has 0 radical (unpaired) electrons. The third-order valence-electron chi connectivity index (χ3n) is 3.08. The van der Waals surface area contributed by atoms with E-state index in [1.165, 1.54) is 12.1 Å². The molecule has 0 atom stereocenters. The molecule has 0 aliphatic rings. The predicted octanol–water partition coefficient (Wildman–Crippen LogP) is 4.63. The highest BCUT2D eigenvalue weighted by Gasteiger charge is 2.13. The highest BCUT2D eigenvalue weighted by molar-refractivity contribution is 9.10. The van der Waals surface area contributed by atoms with Crippen molar-refractivity contribution in [3.05, 3.63) is 68.9 Å². The summed E-state index contributed by atoms with van der Waals surface area (Å²) in [4.78, 5) is 12.3. The molecule has 0 aliphatic carbocycles. The summed E-state index contributed by atoms with van der Waals surface area (Å²) in [6.07, 6.45) is 0.214. The molecular formula is C16H14BrFO. The molecule has 3 heteroatoms. The maximum Gasteiger partial charge on any atom is 0.168 e. The third-order valence-corrected chi connectivity index (χ3v) is 3.78. The molecule has 2 aromatic carbocycles. The Kier molecular flexibility index (Phi) is 4.15. The van der Waals surface area contributed by atoms with Gasteiger partial charge in [-0.05, 0) is 49.2 Å². The maximum atomic E-state index is 13.2. The molecule has 0 fully saturated rings. The Labute approximate surface area is 120 Å². The third kappa shape index (κ3) is 3.29. The first-order valence-corrected chi connectivity index (χ1v) is 6.81. The van der Waals surface area contributed by atoms with Crippen molar-refractivity contribution in [3.63, 3.8) is 0 Å². The topological polar surface area (TPSA) is 17.1 Å². The number of aryl methyl sites for hydroxylation is 2. The van der Waals surface area contributed by atoms with Gasteiger partial charge in [-0.15, -0.1) is 0 Å². The number of hydrogen-bond acceptors (Lipinski definition) is 1. The lowest BCUT2D eigenvalue weighted by molar-refractivity contribution is 0.0992.